The van der Waals surface area contributed by atoms with Crippen molar-refractivity contribution in [2.75, 3.05) is 13.7 Å². The average Bonchev–Trinajstić information content (AvgIpc) is 2.84. The smallest absolute Gasteiger partial charge is 0.311 e. The first-order valence-corrected chi connectivity index (χ1v) is 6.91. The molecule has 1 aromatic rings. The van der Waals surface area contributed by atoms with Gasteiger partial charge in [-0.25, -0.2) is 0 Å². The highest BCUT2D eigenvalue weighted by Crippen LogP contribution is 2.43. The maximum atomic E-state index is 11.9. The molecular weight excluding hydrogens is 256 g/mol. The molecule has 106 valence electrons. The number of para-hydroxylation sites is 1. The Hall–Kier alpha value is -1.81. The van der Waals surface area contributed by atoms with Gasteiger partial charge in [-0.1, -0.05) is 18.2 Å². The Morgan fingerprint density at radius 3 is 2.95 bits per heavy atom. The number of carbonyl (C=O) groups excluding carboxylic acids is 1. The zero-order chi connectivity index (χ0) is 14.1. The zero-order valence-electron chi connectivity index (χ0n) is 11.7. The van der Waals surface area contributed by atoms with Gasteiger partial charge >= 0.3 is 5.97 Å². The van der Waals surface area contributed by atoms with Crippen LogP contribution < -0.4 is 4.74 Å². The van der Waals surface area contributed by atoms with E-state index >= 15 is 0 Å². The molecule has 0 unspecified atom stereocenters. The Morgan fingerprint density at radius 2 is 2.20 bits per heavy atom. The molecule has 0 radical (unpaired) electrons. The summed E-state index contributed by atoms with van der Waals surface area (Å²) < 4.78 is 16.5. The fraction of sp³-hybridized carbons (Fsp3) is 0.438. The first-order valence-electron chi connectivity index (χ1n) is 6.91. The second-order valence-corrected chi connectivity index (χ2v) is 5.01. The minimum Gasteiger partial charge on any atom is -0.485 e. The predicted octanol–water partition coefficient (Wildman–Crippen LogP) is 2.43. The van der Waals surface area contributed by atoms with Gasteiger partial charge in [0.2, 0.25) is 0 Å². The summed E-state index contributed by atoms with van der Waals surface area (Å²) in [4.78, 5) is 11.9. The molecule has 3 rings (SSSR count). The minimum absolute atomic E-state index is 0.0757. The molecule has 0 saturated carbocycles. The van der Waals surface area contributed by atoms with Crippen LogP contribution in [0, 0.1) is 5.92 Å². The lowest BCUT2D eigenvalue weighted by Gasteiger charge is -2.30. The minimum atomic E-state index is -0.303. The van der Waals surface area contributed by atoms with E-state index < -0.39 is 0 Å². The monoisotopic (exact) mass is 274 g/mol. The highest BCUT2D eigenvalue weighted by Gasteiger charge is 2.41. The SMILES string of the molecule is CCO[C@@H]1C=C2c3ccccc3O[C@@H]2C[C@H]1C(=O)OC. The largest absolute Gasteiger partial charge is 0.485 e. The van der Waals surface area contributed by atoms with E-state index in [1.54, 1.807) is 0 Å². The third-order valence-electron chi connectivity index (χ3n) is 3.89. The van der Waals surface area contributed by atoms with Crippen LogP contribution in [0.2, 0.25) is 0 Å². The second kappa shape index (κ2) is 5.29. The summed E-state index contributed by atoms with van der Waals surface area (Å²) in [6.07, 6.45) is 2.30. The maximum absolute atomic E-state index is 11.9. The van der Waals surface area contributed by atoms with E-state index in [9.17, 15) is 4.79 Å². The average molecular weight is 274 g/mol. The molecule has 4 heteroatoms. The van der Waals surface area contributed by atoms with Crippen molar-refractivity contribution < 1.29 is 19.0 Å². The van der Waals surface area contributed by atoms with Crippen LogP contribution in [0.5, 0.6) is 5.75 Å². The lowest BCUT2D eigenvalue weighted by atomic mass is 9.83. The number of fused-ring (bicyclic) bond motifs is 3. The first-order chi connectivity index (χ1) is 9.74. The number of esters is 1. The highest BCUT2D eigenvalue weighted by atomic mass is 16.5. The molecule has 0 N–H and O–H groups in total. The molecule has 0 saturated heterocycles. The molecule has 0 bridgehead atoms. The Morgan fingerprint density at radius 1 is 1.40 bits per heavy atom. The Labute approximate surface area is 118 Å². The lowest BCUT2D eigenvalue weighted by Crippen LogP contribution is -2.38. The third kappa shape index (κ3) is 2.10. The topological polar surface area (TPSA) is 44.8 Å². The molecule has 20 heavy (non-hydrogen) atoms. The van der Waals surface area contributed by atoms with Crippen LogP contribution in [-0.4, -0.2) is 31.9 Å². The molecule has 1 aliphatic heterocycles. The molecule has 1 heterocycles. The van der Waals surface area contributed by atoms with Crippen molar-refractivity contribution >= 4 is 11.5 Å². The van der Waals surface area contributed by atoms with Gasteiger partial charge < -0.3 is 14.2 Å². The lowest BCUT2D eigenvalue weighted by molar-refractivity contribution is -0.151. The number of hydrogen-bond acceptors (Lipinski definition) is 4. The second-order valence-electron chi connectivity index (χ2n) is 5.01. The van der Waals surface area contributed by atoms with E-state index in [1.807, 2.05) is 37.3 Å². The maximum Gasteiger partial charge on any atom is 0.311 e. The van der Waals surface area contributed by atoms with Crippen molar-refractivity contribution in [3.8, 4) is 5.75 Å². The number of ether oxygens (including phenoxy) is 3. The standard InChI is InChI=1S/C16H18O4/c1-3-19-14-8-11-10-6-4-5-7-13(10)20-15(11)9-12(14)16(17)18-2/h4-8,12,14-15H,3,9H2,1-2H3/t12-,14-,15-/m1/s1. The molecule has 1 aliphatic carbocycles. The van der Waals surface area contributed by atoms with E-state index in [1.165, 1.54) is 7.11 Å². The van der Waals surface area contributed by atoms with Gasteiger partial charge in [-0.3, -0.25) is 4.79 Å². The molecule has 1 aromatic carbocycles. The summed E-state index contributed by atoms with van der Waals surface area (Å²) in [6, 6.07) is 7.95. The van der Waals surface area contributed by atoms with Crippen LogP contribution in [0.1, 0.15) is 18.9 Å². The van der Waals surface area contributed by atoms with E-state index in [0.29, 0.717) is 13.0 Å². The molecule has 0 amide bonds. The Bertz CT molecular complexity index is 549. The fourth-order valence-corrected chi connectivity index (χ4v) is 2.97. The molecule has 0 fully saturated rings. The van der Waals surface area contributed by atoms with E-state index in [2.05, 4.69) is 0 Å². The van der Waals surface area contributed by atoms with Crippen molar-refractivity contribution in [2.24, 2.45) is 5.92 Å². The number of benzene rings is 1. The molecule has 0 spiro atoms. The summed E-state index contributed by atoms with van der Waals surface area (Å²) in [5, 5.41) is 0. The Balaban J connectivity index is 1.95. The van der Waals surface area contributed by atoms with Gasteiger partial charge in [0, 0.05) is 24.2 Å². The third-order valence-corrected chi connectivity index (χ3v) is 3.89. The number of rotatable bonds is 3. The molecule has 2 aliphatic rings. The fourth-order valence-electron chi connectivity index (χ4n) is 2.97. The number of methoxy groups -OCH3 is 1. The van der Waals surface area contributed by atoms with Crippen LogP contribution in [0.4, 0.5) is 0 Å². The number of carbonyl (C=O) groups is 1. The van der Waals surface area contributed by atoms with Gasteiger partial charge in [0.05, 0.1) is 19.1 Å². The zero-order valence-corrected chi connectivity index (χ0v) is 11.7. The van der Waals surface area contributed by atoms with Crippen molar-refractivity contribution in [1.29, 1.82) is 0 Å². The predicted molar refractivity (Wildman–Crippen MR) is 74.4 cm³/mol. The van der Waals surface area contributed by atoms with Gasteiger partial charge in [-0.2, -0.15) is 0 Å². The number of hydrogen-bond donors (Lipinski definition) is 0. The Kier molecular flexibility index (Phi) is 3.49. The molecule has 0 aromatic heterocycles. The van der Waals surface area contributed by atoms with Crippen molar-refractivity contribution in [3.63, 3.8) is 0 Å². The summed E-state index contributed by atoms with van der Waals surface area (Å²) >= 11 is 0. The first kappa shape index (κ1) is 13.2. The molecule has 4 nitrogen and oxygen atoms in total. The highest BCUT2D eigenvalue weighted by molar-refractivity contribution is 5.82. The van der Waals surface area contributed by atoms with Crippen molar-refractivity contribution in [1.82, 2.24) is 0 Å². The van der Waals surface area contributed by atoms with Gasteiger partial charge in [0.1, 0.15) is 11.9 Å². The van der Waals surface area contributed by atoms with Gasteiger partial charge in [0.15, 0.2) is 0 Å². The normalized spacial score (nSPS) is 27.1. The van der Waals surface area contributed by atoms with Gasteiger partial charge in [-0.15, -0.1) is 0 Å². The van der Waals surface area contributed by atoms with Gasteiger partial charge in [-0.05, 0) is 19.1 Å². The summed E-state index contributed by atoms with van der Waals surface area (Å²) in [5.41, 5.74) is 2.23. The van der Waals surface area contributed by atoms with Crippen LogP contribution in [0.25, 0.3) is 5.57 Å². The van der Waals surface area contributed by atoms with Crippen LogP contribution >= 0.6 is 0 Å². The summed E-state index contributed by atoms with van der Waals surface area (Å²) in [5.74, 6) is 0.339. The van der Waals surface area contributed by atoms with Gasteiger partial charge in [0.25, 0.3) is 0 Å². The molecule has 3 atom stereocenters. The summed E-state index contributed by atoms with van der Waals surface area (Å²) in [7, 11) is 1.41. The quantitative estimate of drug-likeness (QED) is 0.794. The van der Waals surface area contributed by atoms with E-state index in [4.69, 9.17) is 14.2 Å². The van der Waals surface area contributed by atoms with E-state index in [0.717, 1.165) is 16.9 Å². The van der Waals surface area contributed by atoms with Crippen molar-refractivity contribution in [2.45, 2.75) is 25.6 Å². The van der Waals surface area contributed by atoms with Crippen LogP contribution in [-0.2, 0) is 14.3 Å². The van der Waals surface area contributed by atoms with Crippen LogP contribution in [0.15, 0.2) is 30.3 Å². The molecular formula is C16H18O4. The van der Waals surface area contributed by atoms with E-state index in [-0.39, 0.29) is 24.1 Å². The van der Waals surface area contributed by atoms with Crippen LogP contribution in [0.3, 0.4) is 0 Å². The van der Waals surface area contributed by atoms with Crippen molar-refractivity contribution in [3.05, 3.63) is 35.9 Å². The summed E-state index contributed by atoms with van der Waals surface area (Å²) in [6.45, 7) is 2.49.